The highest BCUT2D eigenvalue weighted by atomic mass is 16.2. The maximum absolute atomic E-state index is 12.1. The lowest BCUT2D eigenvalue weighted by Gasteiger charge is -2.24. The number of nitrogens with zero attached hydrogens (tertiary/aromatic N) is 1. The summed E-state index contributed by atoms with van der Waals surface area (Å²) in [6.07, 6.45) is 2.80. The molecule has 0 aliphatic rings. The van der Waals surface area contributed by atoms with Crippen molar-refractivity contribution in [2.24, 2.45) is 0 Å². The molecule has 4 nitrogen and oxygen atoms in total. The second kappa shape index (κ2) is 4.96. The smallest absolute Gasteiger partial charge is 0.240 e. The van der Waals surface area contributed by atoms with Crippen LogP contribution in [0.3, 0.4) is 0 Å². The molecule has 4 heteroatoms. The van der Waals surface area contributed by atoms with Crippen LogP contribution in [0, 0.1) is 0 Å². The molecule has 0 aliphatic carbocycles. The highest BCUT2D eigenvalue weighted by molar-refractivity contribution is 5.91. The van der Waals surface area contributed by atoms with Gasteiger partial charge in [-0.05, 0) is 32.4 Å². The molecule has 1 aromatic carbocycles. The van der Waals surface area contributed by atoms with Gasteiger partial charge in [-0.2, -0.15) is 0 Å². The highest BCUT2D eigenvalue weighted by Gasteiger charge is 2.18. The third-order valence-electron chi connectivity index (χ3n) is 3.50. The van der Waals surface area contributed by atoms with Crippen LogP contribution in [-0.4, -0.2) is 16.0 Å². The summed E-state index contributed by atoms with van der Waals surface area (Å²) in [5.41, 5.74) is 7.43. The van der Waals surface area contributed by atoms with Gasteiger partial charge >= 0.3 is 0 Å². The van der Waals surface area contributed by atoms with Crippen molar-refractivity contribution in [2.45, 2.75) is 39.3 Å². The van der Waals surface area contributed by atoms with E-state index in [1.807, 2.05) is 48.9 Å². The van der Waals surface area contributed by atoms with Gasteiger partial charge < -0.3 is 15.6 Å². The lowest BCUT2D eigenvalue weighted by atomic mass is 10.0. The Hall–Kier alpha value is -1.97. The van der Waals surface area contributed by atoms with Crippen molar-refractivity contribution < 1.29 is 4.79 Å². The van der Waals surface area contributed by atoms with Crippen molar-refractivity contribution >= 4 is 22.5 Å². The van der Waals surface area contributed by atoms with Crippen LogP contribution in [-0.2, 0) is 11.3 Å². The first-order chi connectivity index (χ1) is 8.93. The van der Waals surface area contributed by atoms with Gasteiger partial charge in [-0.25, -0.2) is 0 Å². The molecule has 3 N–H and O–H groups in total. The van der Waals surface area contributed by atoms with Crippen LogP contribution in [0.25, 0.3) is 10.9 Å². The number of aromatic nitrogens is 1. The van der Waals surface area contributed by atoms with Crippen LogP contribution in [0.4, 0.5) is 5.69 Å². The van der Waals surface area contributed by atoms with Gasteiger partial charge in [0, 0.05) is 17.1 Å². The Morgan fingerprint density at radius 3 is 2.79 bits per heavy atom. The molecule has 0 saturated heterocycles. The van der Waals surface area contributed by atoms with Crippen molar-refractivity contribution in [2.75, 3.05) is 5.73 Å². The fourth-order valence-electron chi connectivity index (χ4n) is 2.08. The summed E-state index contributed by atoms with van der Waals surface area (Å²) in [5, 5.41) is 4.09. The van der Waals surface area contributed by atoms with Crippen LogP contribution in [0.5, 0.6) is 0 Å². The van der Waals surface area contributed by atoms with Crippen molar-refractivity contribution in [3.8, 4) is 0 Å². The average Bonchev–Trinajstić information content (AvgIpc) is 2.73. The molecule has 1 heterocycles. The third kappa shape index (κ3) is 2.89. The molecular formula is C15H21N3O. The molecule has 2 aromatic rings. The SMILES string of the molecule is CCC(C)(C)NC(=O)Cn1ccc2cccc(N)c21. The number of carbonyl (C=O) groups excluding carboxylic acids is 1. The lowest BCUT2D eigenvalue weighted by molar-refractivity contribution is -0.123. The molecule has 0 bridgehead atoms. The van der Waals surface area contributed by atoms with E-state index in [1.54, 1.807) is 0 Å². The second-order valence-corrected chi connectivity index (χ2v) is 5.51. The normalized spacial score (nSPS) is 11.7. The van der Waals surface area contributed by atoms with Gasteiger partial charge in [0.15, 0.2) is 0 Å². The summed E-state index contributed by atoms with van der Waals surface area (Å²) < 4.78 is 1.89. The minimum Gasteiger partial charge on any atom is -0.397 e. The molecule has 102 valence electrons. The number of amides is 1. The third-order valence-corrected chi connectivity index (χ3v) is 3.50. The van der Waals surface area contributed by atoms with Crippen LogP contribution in [0.1, 0.15) is 27.2 Å². The number of carbonyl (C=O) groups is 1. The average molecular weight is 259 g/mol. The number of nitrogens with two attached hydrogens (primary N) is 1. The molecule has 2 rings (SSSR count). The largest absolute Gasteiger partial charge is 0.397 e. The van der Waals surface area contributed by atoms with E-state index in [1.165, 1.54) is 0 Å². The van der Waals surface area contributed by atoms with Crippen LogP contribution >= 0.6 is 0 Å². The first kappa shape index (κ1) is 13.5. The van der Waals surface area contributed by atoms with Crippen molar-refractivity contribution in [3.63, 3.8) is 0 Å². The Morgan fingerprint density at radius 2 is 2.11 bits per heavy atom. The fourth-order valence-corrected chi connectivity index (χ4v) is 2.08. The summed E-state index contributed by atoms with van der Waals surface area (Å²) in [6, 6.07) is 7.75. The summed E-state index contributed by atoms with van der Waals surface area (Å²) >= 11 is 0. The zero-order valence-corrected chi connectivity index (χ0v) is 11.7. The van der Waals surface area contributed by atoms with Crippen molar-refractivity contribution in [1.82, 2.24) is 9.88 Å². The zero-order valence-electron chi connectivity index (χ0n) is 11.7. The number of hydrogen-bond donors (Lipinski definition) is 2. The van der Waals surface area contributed by atoms with Crippen LogP contribution < -0.4 is 11.1 Å². The Morgan fingerprint density at radius 1 is 1.37 bits per heavy atom. The van der Waals surface area contributed by atoms with E-state index in [0.717, 1.165) is 17.3 Å². The Labute approximate surface area is 113 Å². The molecule has 1 aromatic heterocycles. The maximum Gasteiger partial charge on any atom is 0.240 e. The van der Waals surface area contributed by atoms with Gasteiger partial charge in [0.25, 0.3) is 0 Å². The quantitative estimate of drug-likeness (QED) is 0.829. The molecule has 1 amide bonds. The molecule has 19 heavy (non-hydrogen) atoms. The topological polar surface area (TPSA) is 60.0 Å². The van der Waals surface area contributed by atoms with Gasteiger partial charge in [0.2, 0.25) is 5.91 Å². The molecule has 0 unspecified atom stereocenters. The lowest BCUT2D eigenvalue weighted by Crippen LogP contribution is -2.44. The predicted molar refractivity (Wildman–Crippen MR) is 78.9 cm³/mol. The summed E-state index contributed by atoms with van der Waals surface area (Å²) in [6.45, 7) is 6.39. The number of anilines is 1. The van der Waals surface area contributed by atoms with Crippen LogP contribution in [0.2, 0.25) is 0 Å². The number of rotatable bonds is 4. The van der Waals surface area contributed by atoms with Gasteiger partial charge in [0.1, 0.15) is 6.54 Å². The monoisotopic (exact) mass is 259 g/mol. The number of nitrogens with one attached hydrogen (secondary N) is 1. The van der Waals surface area contributed by atoms with E-state index in [9.17, 15) is 4.79 Å². The molecule has 0 aliphatic heterocycles. The first-order valence-corrected chi connectivity index (χ1v) is 6.57. The van der Waals surface area contributed by atoms with Gasteiger partial charge in [0.05, 0.1) is 11.2 Å². The molecular weight excluding hydrogens is 238 g/mol. The number of hydrogen-bond acceptors (Lipinski definition) is 2. The van der Waals surface area contributed by atoms with Crippen molar-refractivity contribution in [3.05, 3.63) is 30.5 Å². The second-order valence-electron chi connectivity index (χ2n) is 5.51. The van der Waals surface area contributed by atoms with E-state index in [0.29, 0.717) is 12.2 Å². The van der Waals surface area contributed by atoms with Crippen molar-refractivity contribution in [1.29, 1.82) is 0 Å². The Balaban J connectivity index is 2.20. The number of para-hydroxylation sites is 1. The summed E-state index contributed by atoms with van der Waals surface area (Å²) in [7, 11) is 0. The minimum atomic E-state index is -0.175. The number of benzene rings is 1. The van der Waals surface area contributed by atoms with Crippen LogP contribution in [0.15, 0.2) is 30.5 Å². The van der Waals surface area contributed by atoms with E-state index >= 15 is 0 Å². The fraction of sp³-hybridized carbons (Fsp3) is 0.400. The Bertz CT molecular complexity index is 598. The van der Waals surface area contributed by atoms with E-state index < -0.39 is 0 Å². The van der Waals surface area contributed by atoms with Gasteiger partial charge in [-0.3, -0.25) is 4.79 Å². The van der Waals surface area contributed by atoms with E-state index in [4.69, 9.17) is 5.73 Å². The molecule has 0 atom stereocenters. The molecule has 0 spiro atoms. The highest BCUT2D eigenvalue weighted by Crippen LogP contribution is 2.22. The predicted octanol–water partition coefficient (Wildman–Crippen LogP) is 2.53. The van der Waals surface area contributed by atoms with E-state index in [-0.39, 0.29) is 11.4 Å². The van der Waals surface area contributed by atoms with Gasteiger partial charge in [-0.15, -0.1) is 0 Å². The number of nitrogen functional groups attached to an aromatic ring is 1. The number of fused-ring (bicyclic) bond motifs is 1. The van der Waals surface area contributed by atoms with E-state index in [2.05, 4.69) is 12.2 Å². The van der Waals surface area contributed by atoms with Gasteiger partial charge in [-0.1, -0.05) is 19.1 Å². The standard InChI is InChI=1S/C15H21N3O/c1-4-15(2,3)17-13(19)10-18-9-8-11-6-5-7-12(16)14(11)18/h5-9H,4,10,16H2,1-3H3,(H,17,19). The summed E-state index contributed by atoms with van der Waals surface area (Å²) in [4.78, 5) is 12.1. The maximum atomic E-state index is 12.1. The first-order valence-electron chi connectivity index (χ1n) is 6.57. The Kier molecular flexibility index (Phi) is 3.51. The minimum absolute atomic E-state index is 0.00704. The molecule has 0 saturated carbocycles. The molecule has 0 fully saturated rings. The summed E-state index contributed by atoms with van der Waals surface area (Å²) in [5.74, 6) is 0.00704. The zero-order chi connectivity index (χ0) is 14.0. The molecule has 0 radical (unpaired) electrons.